The number of carbonyl (C=O) groups is 1. The Labute approximate surface area is 216 Å². The van der Waals surface area contributed by atoms with E-state index in [0.717, 1.165) is 18.4 Å². The van der Waals surface area contributed by atoms with Gasteiger partial charge in [0.1, 0.15) is 16.2 Å². The number of aryl methyl sites for hydroxylation is 2. The number of benzene rings is 2. The molecule has 0 radical (unpaired) electrons. The van der Waals surface area contributed by atoms with Gasteiger partial charge in [0, 0.05) is 6.54 Å². The number of fused-ring (bicyclic) bond motifs is 2. The third-order valence-corrected chi connectivity index (χ3v) is 8.12. The monoisotopic (exact) mass is 566 g/mol. The summed E-state index contributed by atoms with van der Waals surface area (Å²) in [5, 5.41) is 2.80. The largest absolute Gasteiger partial charge is 0.444 e. The summed E-state index contributed by atoms with van der Waals surface area (Å²) in [5.74, 6) is -0.419. The number of furan rings is 1. The number of unbranched alkanes of at least 4 members (excludes halogenated alkanes) is 1. The van der Waals surface area contributed by atoms with Crippen LogP contribution in [0.4, 0.5) is 5.82 Å². The first kappa shape index (κ1) is 24.2. The molecular formula is C26H23BrN4O4S. The van der Waals surface area contributed by atoms with Crippen molar-refractivity contribution in [2.75, 3.05) is 5.32 Å². The zero-order chi connectivity index (χ0) is 25.4. The molecule has 10 heteroatoms. The Balaban J connectivity index is 1.82. The Morgan fingerprint density at radius 3 is 2.36 bits per heavy atom. The predicted octanol–water partition coefficient (Wildman–Crippen LogP) is 6.13. The molecule has 0 bridgehead atoms. The van der Waals surface area contributed by atoms with Crippen molar-refractivity contribution in [2.45, 2.75) is 43.0 Å². The van der Waals surface area contributed by atoms with Gasteiger partial charge in [-0.2, -0.15) is 0 Å². The van der Waals surface area contributed by atoms with E-state index in [-0.39, 0.29) is 26.9 Å². The fraction of sp³-hybridized carbons (Fsp3) is 0.192. The van der Waals surface area contributed by atoms with Crippen LogP contribution in [0.15, 0.2) is 79.5 Å². The van der Waals surface area contributed by atoms with Gasteiger partial charge in [0.25, 0.3) is 5.91 Å². The molecule has 36 heavy (non-hydrogen) atoms. The second-order valence-corrected chi connectivity index (χ2v) is 11.1. The molecule has 1 N–H and O–H groups in total. The van der Waals surface area contributed by atoms with Crippen LogP contribution in [0, 0.1) is 6.92 Å². The van der Waals surface area contributed by atoms with Crippen LogP contribution in [0.25, 0.3) is 22.2 Å². The molecular weight excluding hydrogens is 544 g/mol. The van der Waals surface area contributed by atoms with Gasteiger partial charge in [-0.15, -0.1) is 0 Å². The van der Waals surface area contributed by atoms with Gasteiger partial charge in [-0.25, -0.2) is 18.4 Å². The zero-order valence-corrected chi connectivity index (χ0v) is 22.1. The average Bonchev–Trinajstić information content (AvgIpc) is 3.42. The Kier molecular flexibility index (Phi) is 6.40. The van der Waals surface area contributed by atoms with E-state index in [1.165, 1.54) is 6.07 Å². The van der Waals surface area contributed by atoms with Crippen LogP contribution < -0.4 is 5.32 Å². The first-order valence-corrected chi connectivity index (χ1v) is 13.7. The maximum Gasteiger partial charge on any atom is 0.292 e. The summed E-state index contributed by atoms with van der Waals surface area (Å²) in [6.45, 7) is 4.37. The molecule has 5 rings (SSSR count). The van der Waals surface area contributed by atoms with E-state index in [4.69, 9.17) is 14.4 Å². The number of nitrogens with one attached hydrogen (secondary N) is 1. The summed E-state index contributed by atoms with van der Waals surface area (Å²) in [6, 6.07) is 17.0. The molecule has 2 aromatic carbocycles. The highest BCUT2D eigenvalue weighted by Crippen LogP contribution is 2.37. The highest BCUT2D eigenvalue weighted by atomic mass is 79.9. The molecule has 0 spiro atoms. The molecule has 184 valence electrons. The van der Waals surface area contributed by atoms with Crippen molar-refractivity contribution in [1.29, 1.82) is 0 Å². The number of hydrogen-bond donors (Lipinski definition) is 1. The number of nitrogens with zero attached hydrogens (tertiary/aromatic N) is 3. The van der Waals surface area contributed by atoms with E-state index in [2.05, 4.69) is 21.2 Å². The molecule has 5 aromatic rings. The van der Waals surface area contributed by atoms with Crippen LogP contribution >= 0.6 is 15.9 Å². The Hall–Kier alpha value is -3.50. The quantitative estimate of drug-likeness (QED) is 0.254. The number of aromatic nitrogens is 3. The first-order valence-electron chi connectivity index (χ1n) is 11.5. The number of rotatable bonds is 7. The minimum absolute atomic E-state index is 0.0407. The van der Waals surface area contributed by atoms with Gasteiger partial charge < -0.3 is 14.3 Å². The lowest BCUT2D eigenvalue weighted by Gasteiger charge is -2.12. The molecule has 1 amide bonds. The normalized spacial score (nSPS) is 11.9. The lowest BCUT2D eigenvalue weighted by molar-refractivity contribution is 0.0994. The van der Waals surface area contributed by atoms with E-state index in [0.29, 0.717) is 27.9 Å². The third-order valence-electron chi connectivity index (χ3n) is 5.87. The number of carbonyl (C=O) groups excluding carboxylic acids is 1. The second kappa shape index (κ2) is 9.51. The van der Waals surface area contributed by atoms with Gasteiger partial charge in [0.05, 0.1) is 15.9 Å². The van der Waals surface area contributed by atoms with Gasteiger partial charge in [-0.1, -0.05) is 43.2 Å². The summed E-state index contributed by atoms with van der Waals surface area (Å²) in [5.41, 5.74) is 2.73. The number of halogens is 1. The molecule has 0 atom stereocenters. The van der Waals surface area contributed by atoms with E-state index in [9.17, 15) is 13.2 Å². The summed E-state index contributed by atoms with van der Waals surface area (Å²) < 4.78 is 35.7. The summed E-state index contributed by atoms with van der Waals surface area (Å²) >= 11 is 3.20. The van der Waals surface area contributed by atoms with E-state index in [1.807, 2.05) is 32.0 Å². The lowest BCUT2D eigenvalue weighted by atomic mass is 10.2. The Bertz CT molecular complexity index is 1710. The SMILES string of the molecule is CCCCn1c(NC(=O)c2ccc(Br)o2)c(S(=O)(=O)c2ccc(C)cc2)c2nc3ccccc3nc21. The molecule has 0 unspecified atom stereocenters. The van der Waals surface area contributed by atoms with Gasteiger partial charge in [-0.05, 0) is 65.7 Å². The number of hydrogen-bond acceptors (Lipinski definition) is 6. The van der Waals surface area contributed by atoms with Crippen LogP contribution in [0.2, 0.25) is 0 Å². The zero-order valence-electron chi connectivity index (χ0n) is 19.7. The maximum atomic E-state index is 14.1. The summed E-state index contributed by atoms with van der Waals surface area (Å²) in [7, 11) is -4.09. The molecule has 8 nitrogen and oxygen atoms in total. The van der Waals surface area contributed by atoms with Crippen molar-refractivity contribution >= 4 is 59.7 Å². The van der Waals surface area contributed by atoms with E-state index in [1.54, 1.807) is 41.0 Å². The van der Waals surface area contributed by atoms with Gasteiger partial charge >= 0.3 is 0 Å². The van der Waals surface area contributed by atoms with Crippen molar-refractivity contribution in [3.8, 4) is 0 Å². The number of para-hydroxylation sites is 2. The summed E-state index contributed by atoms with van der Waals surface area (Å²) in [4.78, 5) is 22.7. The van der Waals surface area contributed by atoms with Gasteiger partial charge in [-0.3, -0.25) is 4.79 Å². The van der Waals surface area contributed by atoms with Crippen LogP contribution in [0.3, 0.4) is 0 Å². The maximum absolute atomic E-state index is 14.1. The standard InChI is InChI=1S/C26H23BrN4O4S/c1-3-4-15-31-24-22(28-18-7-5-6-8-19(18)29-24)23(36(33,34)17-11-9-16(2)10-12-17)25(31)30-26(32)20-13-14-21(27)35-20/h5-14H,3-4,15H2,1-2H3,(H,30,32). The first-order chi connectivity index (χ1) is 17.3. The van der Waals surface area contributed by atoms with E-state index < -0.39 is 15.7 Å². The lowest BCUT2D eigenvalue weighted by Crippen LogP contribution is -2.17. The summed E-state index contributed by atoms with van der Waals surface area (Å²) in [6.07, 6.45) is 1.61. The smallest absolute Gasteiger partial charge is 0.292 e. The van der Waals surface area contributed by atoms with Gasteiger partial charge in [0.15, 0.2) is 16.1 Å². The van der Waals surface area contributed by atoms with Crippen LogP contribution in [0.5, 0.6) is 0 Å². The molecule has 0 saturated heterocycles. The molecule has 0 aliphatic rings. The average molecular weight is 567 g/mol. The minimum atomic E-state index is -4.09. The third kappa shape index (κ3) is 4.31. The topological polar surface area (TPSA) is 107 Å². The van der Waals surface area contributed by atoms with Crippen LogP contribution in [-0.4, -0.2) is 28.9 Å². The number of amides is 1. The van der Waals surface area contributed by atoms with Crippen molar-refractivity contribution in [1.82, 2.24) is 14.5 Å². The van der Waals surface area contributed by atoms with Crippen molar-refractivity contribution in [2.24, 2.45) is 0 Å². The molecule has 0 aliphatic heterocycles. The van der Waals surface area contributed by atoms with Crippen molar-refractivity contribution in [3.63, 3.8) is 0 Å². The van der Waals surface area contributed by atoms with Crippen molar-refractivity contribution < 1.29 is 17.6 Å². The van der Waals surface area contributed by atoms with E-state index >= 15 is 0 Å². The molecule has 0 saturated carbocycles. The highest BCUT2D eigenvalue weighted by molar-refractivity contribution is 9.10. The molecule has 3 heterocycles. The molecule has 3 aromatic heterocycles. The molecule has 0 fully saturated rings. The highest BCUT2D eigenvalue weighted by Gasteiger charge is 2.32. The minimum Gasteiger partial charge on any atom is -0.444 e. The fourth-order valence-electron chi connectivity index (χ4n) is 4.03. The Morgan fingerprint density at radius 1 is 1.03 bits per heavy atom. The number of anilines is 1. The Morgan fingerprint density at radius 2 is 1.72 bits per heavy atom. The molecule has 0 aliphatic carbocycles. The number of sulfone groups is 1. The fourth-order valence-corrected chi connectivity index (χ4v) is 5.87. The second-order valence-electron chi connectivity index (χ2n) is 8.44. The van der Waals surface area contributed by atoms with Crippen LogP contribution in [-0.2, 0) is 16.4 Å². The van der Waals surface area contributed by atoms with Crippen molar-refractivity contribution in [3.05, 3.63) is 76.7 Å². The van der Waals surface area contributed by atoms with Crippen LogP contribution in [0.1, 0.15) is 35.9 Å². The predicted molar refractivity (Wildman–Crippen MR) is 141 cm³/mol. The van der Waals surface area contributed by atoms with Gasteiger partial charge in [0.2, 0.25) is 9.84 Å².